The van der Waals surface area contributed by atoms with E-state index in [1.165, 1.54) is 18.7 Å². The third kappa shape index (κ3) is 3.21. The number of nitrogens with zero attached hydrogens (tertiary/aromatic N) is 2. The van der Waals surface area contributed by atoms with Crippen LogP contribution in [0.3, 0.4) is 0 Å². The van der Waals surface area contributed by atoms with Gasteiger partial charge in [0, 0.05) is 30.9 Å². The highest BCUT2D eigenvalue weighted by Crippen LogP contribution is 2.29. The quantitative estimate of drug-likeness (QED) is 0.829. The predicted octanol–water partition coefficient (Wildman–Crippen LogP) is 3.01. The molecule has 3 heteroatoms. The van der Waals surface area contributed by atoms with Crippen molar-refractivity contribution in [3.05, 3.63) is 24.3 Å². The standard InChI is InChI=1S/C16H26N2O/c1-5-10-17-11-12-18(16(2,3)13-17)14-6-8-15(19-4)9-7-14/h6-9H,5,10-13H2,1-4H3. The molecule has 0 atom stereocenters. The summed E-state index contributed by atoms with van der Waals surface area (Å²) in [6, 6.07) is 8.42. The minimum atomic E-state index is 0.183. The molecular weight excluding hydrogens is 236 g/mol. The highest BCUT2D eigenvalue weighted by atomic mass is 16.5. The van der Waals surface area contributed by atoms with Crippen LogP contribution in [0, 0.1) is 0 Å². The molecule has 2 rings (SSSR count). The largest absolute Gasteiger partial charge is 0.497 e. The molecule has 0 bridgehead atoms. The van der Waals surface area contributed by atoms with Crippen LogP contribution >= 0.6 is 0 Å². The summed E-state index contributed by atoms with van der Waals surface area (Å²) in [4.78, 5) is 5.08. The summed E-state index contributed by atoms with van der Waals surface area (Å²) in [5, 5.41) is 0. The third-order valence-electron chi connectivity index (χ3n) is 3.91. The van der Waals surface area contributed by atoms with E-state index >= 15 is 0 Å². The molecule has 0 unspecified atom stereocenters. The summed E-state index contributed by atoms with van der Waals surface area (Å²) >= 11 is 0. The molecule has 0 aromatic heterocycles. The zero-order valence-electron chi connectivity index (χ0n) is 12.6. The molecule has 19 heavy (non-hydrogen) atoms. The van der Waals surface area contributed by atoms with E-state index in [4.69, 9.17) is 4.74 Å². The molecule has 0 saturated carbocycles. The fourth-order valence-corrected chi connectivity index (χ4v) is 3.00. The van der Waals surface area contributed by atoms with Gasteiger partial charge in [-0.05, 0) is 51.1 Å². The van der Waals surface area contributed by atoms with E-state index < -0.39 is 0 Å². The van der Waals surface area contributed by atoms with Gasteiger partial charge in [0.1, 0.15) is 5.75 Å². The summed E-state index contributed by atoms with van der Waals surface area (Å²) in [5.41, 5.74) is 1.48. The Balaban J connectivity index is 2.11. The molecule has 0 radical (unpaired) electrons. The van der Waals surface area contributed by atoms with Gasteiger partial charge < -0.3 is 9.64 Å². The van der Waals surface area contributed by atoms with Gasteiger partial charge in [-0.15, -0.1) is 0 Å². The van der Waals surface area contributed by atoms with Crippen molar-refractivity contribution in [2.24, 2.45) is 0 Å². The number of anilines is 1. The summed E-state index contributed by atoms with van der Waals surface area (Å²) in [6.45, 7) is 11.5. The second-order valence-electron chi connectivity index (χ2n) is 5.94. The van der Waals surface area contributed by atoms with Gasteiger partial charge in [-0.25, -0.2) is 0 Å². The maximum atomic E-state index is 5.23. The van der Waals surface area contributed by atoms with E-state index in [-0.39, 0.29) is 5.54 Å². The van der Waals surface area contributed by atoms with Crippen molar-refractivity contribution in [1.29, 1.82) is 0 Å². The van der Waals surface area contributed by atoms with Crippen LogP contribution in [0.4, 0.5) is 5.69 Å². The minimum Gasteiger partial charge on any atom is -0.497 e. The number of benzene rings is 1. The lowest BCUT2D eigenvalue weighted by molar-refractivity contribution is 0.183. The van der Waals surface area contributed by atoms with E-state index in [0.29, 0.717) is 0 Å². The fourth-order valence-electron chi connectivity index (χ4n) is 3.00. The topological polar surface area (TPSA) is 15.7 Å². The Labute approximate surface area is 117 Å². The number of hydrogen-bond acceptors (Lipinski definition) is 3. The maximum absolute atomic E-state index is 5.23. The Kier molecular flexibility index (Phi) is 4.35. The monoisotopic (exact) mass is 262 g/mol. The Morgan fingerprint density at radius 3 is 2.37 bits per heavy atom. The van der Waals surface area contributed by atoms with Crippen molar-refractivity contribution < 1.29 is 4.74 Å². The average Bonchev–Trinajstić information content (AvgIpc) is 2.38. The highest BCUT2D eigenvalue weighted by Gasteiger charge is 2.33. The second-order valence-corrected chi connectivity index (χ2v) is 5.94. The Hall–Kier alpha value is -1.22. The summed E-state index contributed by atoms with van der Waals surface area (Å²) < 4.78 is 5.23. The molecule has 0 spiro atoms. The van der Waals surface area contributed by atoms with E-state index in [1.807, 2.05) is 12.1 Å². The van der Waals surface area contributed by atoms with Gasteiger partial charge in [-0.2, -0.15) is 0 Å². The number of piperazine rings is 1. The lowest BCUT2D eigenvalue weighted by Gasteiger charge is -2.48. The number of hydrogen-bond donors (Lipinski definition) is 0. The molecule has 1 aliphatic heterocycles. The van der Waals surface area contributed by atoms with Crippen LogP contribution < -0.4 is 9.64 Å². The van der Waals surface area contributed by atoms with Gasteiger partial charge in [0.25, 0.3) is 0 Å². The van der Waals surface area contributed by atoms with Crippen molar-refractivity contribution in [2.75, 3.05) is 38.2 Å². The molecular formula is C16H26N2O. The van der Waals surface area contributed by atoms with Gasteiger partial charge >= 0.3 is 0 Å². The molecule has 0 aliphatic carbocycles. The van der Waals surface area contributed by atoms with Crippen LogP contribution in [-0.2, 0) is 0 Å². The molecule has 1 aliphatic rings. The van der Waals surface area contributed by atoms with Crippen LogP contribution in [0.5, 0.6) is 5.75 Å². The van der Waals surface area contributed by atoms with Gasteiger partial charge in [0.05, 0.1) is 7.11 Å². The first-order valence-corrected chi connectivity index (χ1v) is 7.21. The van der Waals surface area contributed by atoms with Crippen molar-refractivity contribution >= 4 is 5.69 Å². The maximum Gasteiger partial charge on any atom is 0.119 e. The Morgan fingerprint density at radius 2 is 1.84 bits per heavy atom. The van der Waals surface area contributed by atoms with E-state index in [9.17, 15) is 0 Å². The first-order valence-electron chi connectivity index (χ1n) is 7.21. The molecule has 1 fully saturated rings. The Morgan fingerprint density at radius 1 is 1.16 bits per heavy atom. The van der Waals surface area contributed by atoms with E-state index in [1.54, 1.807) is 7.11 Å². The fraction of sp³-hybridized carbons (Fsp3) is 0.625. The molecule has 1 saturated heterocycles. The molecule has 1 aromatic carbocycles. The SMILES string of the molecule is CCCN1CCN(c2ccc(OC)cc2)C(C)(C)C1. The van der Waals surface area contributed by atoms with Gasteiger partial charge in [0.15, 0.2) is 0 Å². The third-order valence-corrected chi connectivity index (χ3v) is 3.91. The molecule has 0 N–H and O–H groups in total. The van der Waals surface area contributed by atoms with Gasteiger partial charge in [-0.3, -0.25) is 4.90 Å². The normalized spacial score (nSPS) is 19.5. The van der Waals surface area contributed by atoms with Crippen LogP contribution in [0.15, 0.2) is 24.3 Å². The Bertz CT molecular complexity index is 400. The van der Waals surface area contributed by atoms with E-state index in [2.05, 4.69) is 42.7 Å². The van der Waals surface area contributed by atoms with Gasteiger partial charge in [0.2, 0.25) is 0 Å². The zero-order valence-corrected chi connectivity index (χ0v) is 12.6. The summed E-state index contributed by atoms with van der Waals surface area (Å²) in [5.74, 6) is 0.922. The predicted molar refractivity (Wildman–Crippen MR) is 81.2 cm³/mol. The molecule has 106 valence electrons. The van der Waals surface area contributed by atoms with Crippen molar-refractivity contribution in [1.82, 2.24) is 4.90 Å². The first-order chi connectivity index (χ1) is 9.06. The van der Waals surface area contributed by atoms with Crippen LogP contribution in [0.2, 0.25) is 0 Å². The van der Waals surface area contributed by atoms with Crippen LogP contribution in [0.1, 0.15) is 27.2 Å². The average molecular weight is 262 g/mol. The van der Waals surface area contributed by atoms with Crippen LogP contribution in [0.25, 0.3) is 0 Å². The van der Waals surface area contributed by atoms with Crippen molar-refractivity contribution in [3.8, 4) is 5.75 Å². The molecule has 1 heterocycles. The molecule has 1 aromatic rings. The summed E-state index contributed by atoms with van der Waals surface area (Å²) in [6.07, 6.45) is 1.23. The first kappa shape index (κ1) is 14.2. The smallest absolute Gasteiger partial charge is 0.119 e. The van der Waals surface area contributed by atoms with Gasteiger partial charge in [-0.1, -0.05) is 6.92 Å². The van der Waals surface area contributed by atoms with E-state index in [0.717, 1.165) is 25.4 Å². The zero-order chi connectivity index (χ0) is 13.9. The highest BCUT2D eigenvalue weighted by molar-refractivity contribution is 5.51. The van der Waals surface area contributed by atoms with Crippen LogP contribution in [-0.4, -0.2) is 43.7 Å². The lowest BCUT2D eigenvalue weighted by Crippen LogP contribution is -2.59. The number of ether oxygens (including phenoxy) is 1. The molecule has 3 nitrogen and oxygen atoms in total. The second kappa shape index (κ2) is 5.83. The lowest BCUT2D eigenvalue weighted by atomic mass is 9.97. The summed E-state index contributed by atoms with van der Waals surface area (Å²) in [7, 11) is 1.71. The molecule has 0 amide bonds. The number of rotatable bonds is 4. The van der Waals surface area contributed by atoms with Crippen molar-refractivity contribution in [3.63, 3.8) is 0 Å². The minimum absolute atomic E-state index is 0.183. The van der Waals surface area contributed by atoms with Crippen molar-refractivity contribution in [2.45, 2.75) is 32.7 Å². The number of methoxy groups -OCH3 is 1.